The molecule has 4 nitrogen and oxygen atoms in total. The Hall–Kier alpha value is -0.580. The molecule has 0 rings (SSSR count). The van der Waals surface area contributed by atoms with Gasteiger partial charge in [-0.1, -0.05) is 15.9 Å². The topological polar surface area (TPSA) is 49.4 Å². The second-order valence-corrected chi connectivity index (χ2v) is 4.87. The lowest BCUT2D eigenvalue weighted by atomic mass is 10.2. The average Bonchev–Trinajstić information content (AvgIpc) is 1.98. The molecule has 12 heavy (non-hydrogen) atoms. The Morgan fingerprint density at radius 2 is 1.83 bits per heavy atom. The fourth-order valence-corrected chi connectivity index (χ4v) is 0.925. The minimum absolute atomic E-state index is 0.276. The molecule has 5 heteroatoms. The number of nitrogens with zero attached hydrogens (tertiary/aromatic N) is 1. The first-order valence-corrected chi connectivity index (χ1v) is 4.28. The van der Waals surface area contributed by atoms with Crippen molar-refractivity contribution in [2.75, 3.05) is 14.1 Å². The van der Waals surface area contributed by atoms with Crippen molar-refractivity contribution < 1.29 is 9.59 Å². The molecule has 0 aliphatic rings. The van der Waals surface area contributed by atoms with Crippen molar-refractivity contribution in [2.24, 2.45) is 0 Å². The summed E-state index contributed by atoms with van der Waals surface area (Å²) in [5.41, 5.74) is 0. The number of amides is 3. The van der Waals surface area contributed by atoms with Crippen LogP contribution in [0.3, 0.4) is 0 Å². The van der Waals surface area contributed by atoms with E-state index in [1.54, 1.807) is 13.8 Å². The van der Waals surface area contributed by atoms with Crippen molar-refractivity contribution in [3.05, 3.63) is 0 Å². The summed E-state index contributed by atoms with van der Waals surface area (Å²) < 4.78 is -0.700. The molecule has 0 radical (unpaired) electrons. The highest BCUT2D eigenvalue weighted by atomic mass is 79.9. The largest absolute Gasteiger partial charge is 0.341 e. The van der Waals surface area contributed by atoms with Gasteiger partial charge in [-0.05, 0) is 13.8 Å². The van der Waals surface area contributed by atoms with Crippen molar-refractivity contribution in [1.82, 2.24) is 10.2 Å². The molecule has 70 valence electrons. The van der Waals surface area contributed by atoms with E-state index < -0.39 is 10.4 Å². The van der Waals surface area contributed by atoms with E-state index in [0.29, 0.717) is 0 Å². The van der Waals surface area contributed by atoms with E-state index >= 15 is 0 Å². The van der Waals surface area contributed by atoms with Crippen molar-refractivity contribution >= 4 is 27.9 Å². The Morgan fingerprint density at radius 3 is 2.08 bits per heavy atom. The lowest BCUT2D eigenvalue weighted by Gasteiger charge is -2.22. The fraction of sp³-hybridized carbons (Fsp3) is 0.714. The van der Waals surface area contributed by atoms with Gasteiger partial charge in [0.05, 0.1) is 4.32 Å². The maximum Gasteiger partial charge on any atom is 0.323 e. The molecule has 0 aromatic heterocycles. The van der Waals surface area contributed by atoms with E-state index in [1.165, 1.54) is 14.1 Å². The van der Waals surface area contributed by atoms with Crippen LogP contribution in [0.25, 0.3) is 0 Å². The molecule has 0 aromatic carbocycles. The smallest absolute Gasteiger partial charge is 0.323 e. The van der Waals surface area contributed by atoms with Gasteiger partial charge in [-0.3, -0.25) is 9.69 Å². The maximum atomic E-state index is 11.4. The number of carbonyl (C=O) groups is 2. The number of imide groups is 1. The zero-order valence-corrected chi connectivity index (χ0v) is 9.23. The Morgan fingerprint density at radius 1 is 1.42 bits per heavy atom. The van der Waals surface area contributed by atoms with Gasteiger partial charge in [-0.2, -0.15) is 0 Å². The molecule has 0 saturated heterocycles. The molecule has 1 N–H and O–H groups in total. The minimum Gasteiger partial charge on any atom is -0.341 e. The molecular formula is C7H13BrN2O2. The first kappa shape index (κ1) is 11.4. The van der Waals surface area contributed by atoms with Crippen LogP contribution >= 0.6 is 15.9 Å². The van der Waals surface area contributed by atoms with Gasteiger partial charge < -0.3 is 5.32 Å². The Balaban J connectivity index is 4.41. The maximum absolute atomic E-state index is 11.4. The highest BCUT2D eigenvalue weighted by molar-refractivity contribution is 9.10. The van der Waals surface area contributed by atoms with Crippen LogP contribution in [0, 0.1) is 0 Å². The number of halogens is 1. The first-order chi connectivity index (χ1) is 5.30. The number of rotatable bonds is 1. The van der Waals surface area contributed by atoms with Gasteiger partial charge in [0.15, 0.2) is 0 Å². The second-order valence-electron chi connectivity index (χ2n) is 2.89. The Bertz CT molecular complexity index is 198. The first-order valence-electron chi connectivity index (χ1n) is 3.49. The van der Waals surface area contributed by atoms with Gasteiger partial charge in [-0.25, -0.2) is 4.79 Å². The minimum atomic E-state index is -0.700. The summed E-state index contributed by atoms with van der Waals surface area (Å²) >= 11 is 3.17. The van der Waals surface area contributed by atoms with Gasteiger partial charge in [0.1, 0.15) is 0 Å². The summed E-state index contributed by atoms with van der Waals surface area (Å²) in [6.45, 7) is 3.38. The molecule has 0 heterocycles. The molecular weight excluding hydrogens is 224 g/mol. The molecule has 3 amide bonds. The van der Waals surface area contributed by atoms with E-state index in [-0.39, 0.29) is 5.91 Å². The van der Waals surface area contributed by atoms with Crippen LogP contribution in [0.1, 0.15) is 13.8 Å². The van der Waals surface area contributed by atoms with Gasteiger partial charge in [0, 0.05) is 14.1 Å². The number of nitrogens with one attached hydrogen (secondary N) is 1. The lowest BCUT2D eigenvalue weighted by molar-refractivity contribution is -0.128. The molecule has 0 atom stereocenters. The number of alkyl halides is 1. The third-order valence-corrected chi connectivity index (χ3v) is 1.67. The molecule has 0 aliphatic carbocycles. The van der Waals surface area contributed by atoms with Gasteiger partial charge in [-0.15, -0.1) is 0 Å². The monoisotopic (exact) mass is 236 g/mol. The summed E-state index contributed by atoms with van der Waals surface area (Å²) in [4.78, 5) is 23.4. The summed E-state index contributed by atoms with van der Waals surface area (Å²) in [6, 6.07) is -0.410. The SMILES string of the molecule is CNC(=O)N(C)C(=O)C(C)(C)Br. The third-order valence-electron chi connectivity index (χ3n) is 1.33. The Labute approximate surface area is 80.4 Å². The second kappa shape index (κ2) is 3.89. The summed E-state index contributed by atoms with van der Waals surface area (Å²) in [5.74, 6) is -0.276. The van der Waals surface area contributed by atoms with E-state index in [2.05, 4.69) is 21.2 Å². The predicted molar refractivity (Wildman–Crippen MR) is 50.2 cm³/mol. The number of carbonyl (C=O) groups excluding carboxylic acids is 2. The van der Waals surface area contributed by atoms with Gasteiger partial charge in [0.25, 0.3) is 0 Å². The summed E-state index contributed by atoms with van der Waals surface area (Å²) in [6.07, 6.45) is 0. The van der Waals surface area contributed by atoms with Crippen LogP contribution < -0.4 is 5.32 Å². The standard InChI is InChI=1S/C7H13BrN2O2/c1-7(2,8)5(11)10(4)6(12)9-3/h1-4H3,(H,9,12). The predicted octanol–water partition coefficient (Wildman–Crippen LogP) is 0.958. The number of hydrogen-bond acceptors (Lipinski definition) is 2. The van der Waals surface area contributed by atoms with E-state index in [4.69, 9.17) is 0 Å². The zero-order chi connectivity index (χ0) is 9.94. The normalized spacial score (nSPS) is 10.8. The van der Waals surface area contributed by atoms with Crippen molar-refractivity contribution in [2.45, 2.75) is 18.2 Å². The van der Waals surface area contributed by atoms with E-state index in [9.17, 15) is 9.59 Å². The van der Waals surface area contributed by atoms with E-state index in [0.717, 1.165) is 4.90 Å². The molecule has 0 spiro atoms. The quantitative estimate of drug-likeness (QED) is 0.690. The highest BCUT2D eigenvalue weighted by Gasteiger charge is 2.29. The van der Waals surface area contributed by atoms with Crippen molar-refractivity contribution in [3.63, 3.8) is 0 Å². The zero-order valence-electron chi connectivity index (χ0n) is 7.64. The van der Waals surface area contributed by atoms with Gasteiger partial charge >= 0.3 is 6.03 Å². The molecule has 0 aliphatic heterocycles. The summed E-state index contributed by atoms with van der Waals surface area (Å²) in [5, 5.41) is 2.36. The fourth-order valence-electron chi connectivity index (χ4n) is 0.659. The van der Waals surface area contributed by atoms with Crippen LogP contribution in [-0.2, 0) is 4.79 Å². The lowest BCUT2D eigenvalue weighted by Crippen LogP contribution is -2.46. The third kappa shape index (κ3) is 2.81. The van der Waals surface area contributed by atoms with Crippen LogP contribution in [0.5, 0.6) is 0 Å². The van der Waals surface area contributed by atoms with Crippen LogP contribution in [0.15, 0.2) is 0 Å². The van der Waals surface area contributed by atoms with Gasteiger partial charge in [0.2, 0.25) is 5.91 Å². The number of urea groups is 1. The van der Waals surface area contributed by atoms with Crippen molar-refractivity contribution in [1.29, 1.82) is 0 Å². The Kier molecular flexibility index (Phi) is 3.70. The summed E-state index contributed by atoms with van der Waals surface area (Å²) in [7, 11) is 2.91. The van der Waals surface area contributed by atoms with Crippen LogP contribution in [0.4, 0.5) is 4.79 Å². The van der Waals surface area contributed by atoms with Crippen LogP contribution in [-0.4, -0.2) is 35.3 Å². The highest BCUT2D eigenvalue weighted by Crippen LogP contribution is 2.18. The molecule has 0 bridgehead atoms. The van der Waals surface area contributed by atoms with Crippen LogP contribution in [0.2, 0.25) is 0 Å². The molecule has 0 unspecified atom stereocenters. The average molecular weight is 237 g/mol. The van der Waals surface area contributed by atoms with Crippen molar-refractivity contribution in [3.8, 4) is 0 Å². The van der Waals surface area contributed by atoms with E-state index in [1.807, 2.05) is 0 Å². The molecule has 0 aromatic rings. The molecule has 0 saturated carbocycles. The number of hydrogen-bond donors (Lipinski definition) is 1. The molecule has 0 fully saturated rings.